The molecule has 0 bridgehead atoms. The molecule has 18 heavy (non-hydrogen) atoms. The quantitative estimate of drug-likeness (QED) is 0.605. The maximum atomic E-state index is 11.6. The van der Waals surface area contributed by atoms with E-state index >= 15 is 0 Å². The minimum Gasteiger partial charge on any atom is -0.461 e. The lowest BCUT2D eigenvalue weighted by Gasteiger charge is -2.00. The number of carbonyl (C=O) groups is 1. The van der Waals surface area contributed by atoms with Crippen molar-refractivity contribution < 1.29 is 14.1 Å². The van der Waals surface area contributed by atoms with Crippen LogP contribution in [0.5, 0.6) is 0 Å². The highest BCUT2D eigenvalue weighted by Crippen LogP contribution is 1.98. The van der Waals surface area contributed by atoms with Gasteiger partial charge in [-0.3, -0.25) is 0 Å². The number of carbonyl (C=O) groups excluding carboxylic acids is 1. The normalized spacial score (nSPS) is 10.1. The van der Waals surface area contributed by atoms with Gasteiger partial charge < -0.3 is 4.74 Å². The Morgan fingerprint density at radius 2 is 2.11 bits per heavy atom. The molecule has 2 aromatic rings. The first-order chi connectivity index (χ1) is 8.79. The number of esters is 1. The third kappa shape index (κ3) is 3.13. The molecule has 1 aromatic carbocycles. The third-order valence-electron chi connectivity index (χ3n) is 2.45. The standard InChI is InChI=1S/C14H15N2O2/c1-2-18-14(17)13-11-16(9-8-15-13)10-12-6-4-3-5-7-12/h3-9,11H,2,10H2,1H3/q+1. The van der Waals surface area contributed by atoms with Crippen molar-refractivity contribution in [3.05, 3.63) is 60.2 Å². The predicted molar refractivity (Wildman–Crippen MR) is 65.9 cm³/mol. The summed E-state index contributed by atoms with van der Waals surface area (Å²) in [5.74, 6) is -0.389. The maximum Gasteiger partial charge on any atom is 0.363 e. The fourth-order valence-corrected chi connectivity index (χ4v) is 1.64. The van der Waals surface area contributed by atoms with E-state index in [1.54, 1.807) is 19.3 Å². The molecule has 0 saturated carbocycles. The van der Waals surface area contributed by atoms with Gasteiger partial charge in [0.1, 0.15) is 0 Å². The van der Waals surface area contributed by atoms with Crippen LogP contribution in [0, 0.1) is 0 Å². The van der Waals surface area contributed by atoms with Crippen LogP contribution < -0.4 is 4.57 Å². The highest BCUT2D eigenvalue weighted by Gasteiger charge is 2.13. The van der Waals surface area contributed by atoms with Crippen LogP contribution in [-0.2, 0) is 11.3 Å². The van der Waals surface area contributed by atoms with Crippen LogP contribution in [0.1, 0.15) is 23.0 Å². The largest absolute Gasteiger partial charge is 0.461 e. The summed E-state index contributed by atoms with van der Waals surface area (Å²) >= 11 is 0. The Balaban J connectivity index is 2.15. The van der Waals surface area contributed by atoms with Crippen LogP contribution in [0.25, 0.3) is 0 Å². The Morgan fingerprint density at radius 3 is 2.83 bits per heavy atom. The first-order valence-electron chi connectivity index (χ1n) is 5.85. The van der Waals surface area contributed by atoms with Crippen LogP contribution in [0.15, 0.2) is 48.9 Å². The maximum absolute atomic E-state index is 11.6. The summed E-state index contributed by atoms with van der Waals surface area (Å²) in [6.45, 7) is 2.84. The van der Waals surface area contributed by atoms with Crippen LogP contribution in [0.3, 0.4) is 0 Å². The molecule has 4 heteroatoms. The molecule has 0 radical (unpaired) electrons. The van der Waals surface area contributed by atoms with E-state index < -0.39 is 0 Å². The van der Waals surface area contributed by atoms with Gasteiger partial charge in [-0.25, -0.2) is 9.78 Å². The first-order valence-corrected chi connectivity index (χ1v) is 5.85. The van der Waals surface area contributed by atoms with E-state index in [2.05, 4.69) is 4.98 Å². The minimum atomic E-state index is -0.389. The third-order valence-corrected chi connectivity index (χ3v) is 2.45. The van der Waals surface area contributed by atoms with E-state index in [4.69, 9.17) is 4.74 Å². The first kappa shape index (κ1) is 12.2. The van der Waals surface area contributed by atoms with Crippen molar-refractivity contribution in [2.24, 2.45) is 0 Å². The van der Waals surface area contributed by atoms with E-state index in [1.807, 2.05) is 41.1 Å². The Kier molecular flexibility index (Phi) is 4.02. The Morgan fingerprint density at radius 1 is 1.33 bits per heavy atom. The van der Waals surface area contributed by atoms with Crippen molar-refractivity contribution >= 4 is 5.97 Å². The zero-order valence-corrected chi connectivity index (χ0v) is 10.2. The van der Waals surface area contributed by atoms with E-state index in [0.29, 0.717) is 18.8 Å². The number of ether oxygens (including phenoxy) is 1. The van der Waals surface area contributed by atoms with E-state index in [0.717, 1.165) is 0 Å². The molecule has 0 aliphatic rings. The number of aromatic nitrogens is 2. The molecule has 0 unspecified atom stereocenters. The molecule has 4 nitrogen and oxygen atoms in total. The zero-order chi connectivity index (χ0) is 12.8. The lowest BCUT2D eigenvalue weighted by atomic mass is 10.2. The summed E-state index contributed by atoms with van der Waals surface area (Å²) in [5.41, 5.74) is 1.50. The van der Waals surface area contributed by atoms with Gasteiger partial charge in [0.15, 0.2) is 12.7 Å². The zero-order valence-electron chi connectivity index (χ0n) is 10.2. The van der Waals surface area contributed by atoms with E-state index in [-0.39, 0.29) is 5.97 Å². The van der Waals surface area contributed by atoms with Gasteiger partial charge >= 0.3 is 5.97 Å². The summed E-state index contributed by atoms with van der Waals surface area (Å²) in [5, 5.41) is 0. The van der Waals surface area contributed by atoms with Crippen LogP contribution in [0.2, 0.25) is 0 Å². The second-order valence-corrected chi connectivity index (χ2v) is 3.82. The van der Waals surface area contributed by atoms with Gasteiger partial charge in [0, 0.05) is 5.56 Å². The molecule has 0 aliphatic carbocycles. The number of hydrogen-bond donors (Lipinski definition) is 0. The molecular formula is C14H15N2O2+. The molecular weight excluding hydrogens is 228 g/mol. The van der Waals surface area contributed by atoms with Crippen molar-refractivity contribution in [2.75, 3.05) is 6.61 Å². The topological polar surface area (TPSA) is 43.1 Å². The molecule has 0 atom stereocenters. The van der Waals surface area contributed by atoms with Gasteiger partial charge in [0.05, 0.1) is 12.8 Å². The molecule has 1 aromatic heterocycles. The van der Waals surface area contributed by atoms with Gasteiger partial charge in [-0.05, 0) is 6.92 Å². The monoisotopic (exact) mass is 243 g/mol. The Bertz CT molecular complexity index is 526. The molecule has 0 fully saturated rings. The lowest BCUT2D eigenvalue weighted by molar-refractivity contribution is -0.689. The number of nitrogens with zero attached hydrogens (tertiary/aromatic N) is 2. The number of hydrogen-bond acceptors (Lipinski definition) is 3. The molecule has 0 saturated heterocycles. The molecule has 0 N–H and O–H groups in total. The van der Waals surface area contributed by atoms with E-state index in [9.17, 15) is 4.79 Å². The van der Waals surface area contributed by atoms with Gasteiger partial charge in [0.25, 0.3) is 0 Å². The predicted octanol–water partition coefficient (Wildman–Crippen LogP) is 1.59. The molecule has 0 aliphatic heterocycles. The van der Waals surface area contributed by atoms with Gasteiger partial charge in [-0.1, -0.05) is 30.3 Å². The molecule has 92 valence electrons. The second-order valence-electron chi connectivity index (χ2n) is 3.82. The highest BCUT2D eigenvalue weighted by molar-refractivity contribution is 5.86. The minimum absolute atomic E-state index is 0.329. The van der Waals surface area contributed by atoms with Gasteiger partial charge in [-0.2, -0.15) is 4.57 Å². The summed E-state index contributed by atoms with van der Waals surface area (Å²) in [6.07, 6.45) is 5.13. The Labute approximate surface area is 106 Å². The highest BCUT2D eigenvalue weighted by atomic mass is 16.5. The van der Waals surface area contributed by atoms with Crippen molar-refractivity contribution in [1.82, 2.24) is 4.98 Å². The fraction of sp³-hybridized carbons (Fsp3) is 0.214. The smallest absolute Gasteiger partial charge is 0.363 e. The average molecular weight is 243 g/mol. The summed E-state index contributed by atoms with van der Waals surface area (Å²) in [7, 11) is 0. The van der Waals surface area contributed by atoms with Gasteiger partial charge in [0.2, 0.25) is 11.9 Å². The molecule has 2 rings (SSSR count). The average Bonchev–Trinajstić information content (AvgIpc) is 2.40. The van der Waals surface area contributed by atoms with E-state index in [1.165, 1.54) is 5.56 Å². The van der Waals surface area contributed by atoms with Crippen LogP contribution >= 0.6 is 0 Å². The van der Waals surface area contributed by atoms with Crippen LogP contribution in [0.4, 0.5) is 0 Å². The van der Waals surface area contributed by atoms with Crippen molar-refractivity contribution in [3.63, 3.8) is 0 Å². The molecule has 0 amide bonds. The second kappa shape index (κ2) is 5.91. The molecule has 0 spiro atoms. The summed E-state index contributed by atoms with van der Waals surface area (Å²) < 4.78 is 6.83. The lowest BCUT2D eigenvalue weighted by Crippen LogP contribution is -2.35. The van der Waals surface area contributed by atoms with Crippen molar-refractivity contribution in [1.29, 1.82) is 0 Å². The SMILES string of the molecule is CCOC(=O)c1c[n+](Cc2ccccc2)ccn1. The fourth-order valence-electron chi connectivity index (χ4n) is 1.64. The number of benzene rings is 1. The number of rotatable bonds is 4. The van der Waals surface area contributed by atoms with Crippen molar-refractivity contribution in [2.45, 2.75) is 13.5 Å². The summed E-state index contributed by atoms with van der Waals surface area (Å²) in [6, 6.07) is 10.0. The van der Waals surface area contributed by atoms with Crippen molar-refractivity contribution in [3.8, 4) is 0 Å². The Hall–Kier alpha value is -2.23. The van der Waals surface area contributed by atoms with Crippen LogP contribution in [-0.4, -0.2) is 17.6 Å². The molecule has 1 heterocycles. The summed E-state index contributed by atoms with van der Waals surface area (Å²) in [4.78, 5) is 15.6. The van der Waals surface area contributed by atoms with Gasteiger partial charge in [-0.15, -0.1) is 0 Å².